The molecule has 0 aliphatic carbocycles. The highest BCUT2D eigenvalue weighted by Gasteiger charge is 2.15. The summed E-state index contributed by atoms with van der Waals surface area (Å²) in [6, 6.07) is 18.3. The van der Waals surface area contributed by atoms with Crippen molar-refractivity contribution in [3.63, 3.8) is 0 Å². The fourth-order valence-corrected chi connectivity index (χ4v) is 2.27. The van der Waals surface area contributed by atoms with Crippen LogP contribution in [0.3, 0.4) is 0 Å². The van der Waals surface area contributed by atoms with Crippen LogP contribution in [0.1, 0.15) is 0 Å². The standard InChI is InChI=1S/C18H13FN2O2/c19-13-7-4-8-14(11-13)20-17(22)18(23)21-16-10-3-6-12-5-1-2-9-15(12)16/h1-11H,(H,20,22)(H,21,23). The molecule has 0 aliphatic rings. The molecular formula is C18H13FN2O2. The van der Waals surface area contributed by atoms with Crippen LogP contribution in [0.2, 0.25) is 0 Å². The average molecular weight is 308 g/mol. The summed E-state index contributed by atoms with van der Waals surface area (Å²) in [6.07, 6.45) is 0. The van der Waals surface area contributed by atoms with Crippen molar-refractivity contribution in [2.75, 3.05) is 10.6 Å². The first-order chi connectivity index (χ1) is 11.1. The van der Waals surface area contributed by atoms with Crippen molar-refractivity contribution in [3.8, 4) is 0 Å². The number of carbonyl (C=O) groups is 2. The van der Waals surface area contributed by atoms with Crippen molar-refractivity contribution in [2.24, 2.45) is 0 Å². The molecule has 0 aromatic heterocycles. The number of halogens is 1. The fraction of sp³-hybridized carbons (Fsp3) is 0. The van der Waals surface area contributed by atoms with E-state index in [-0.39, 0.29) is 5.69 Å². The van der Waals surface area contributed by atoms with Gasteiger partial charge in [0.1, 0.15) is 5.82 Å². The van der Waals surface area contributed by atoms with Gasteiger partial charge in [-0.3, -0.25) is 9.59 Å². The second-order valence-corrected chi connectivity index (χ2v) is 4.95. The molecule has 0 atom stereocenters. The Labute approximate surface area is 131 Å². The summed E-state index contributed by atoms with van der Waals surface area (Å²) >= 11 is 0. The molecule has 0 spiro atoms. The summed E-state index contributed by atoms with van der Waals surface area (Å²) < 4.78 is 13.1. The molecule has 3 rings (SSSR count). The van der Waals surface area contributed by atoms with Gasteiger partial charge in [-0.2, -0.15) is 0 Å². The number of anilines is 2. The zero-order valence-electron chi connectivity index (χ0n) is 12.0. The minimum Gasteiger partial charge on any atom is -0.318 e. The molecule has 2 N–H and O–H groups in total. The zero-order chi connectivity index (χ0) is 16.2. The summed E-state index contributed by atoms with van der Waals surface area (Å²) in [7, 11) is 0. The molecule has 4 nitrogen and oxygen atoms in total. The number of rotatable bonds is 2. The van der Waals surface area contributed by atoms with E-state index >= 15 is 0 Å². The second kappa shape index (κ2) is 6.27. The van der Waals surface area contributed by atoms with Crippen molar-refractivity contribution in [1.82, 2.24) is 0 Å². The second-order valence-electron chi connectivity index (χ2n) is 4.95. The molecule has 0 saturated heterocycles. The number of nitrogens with one attached hydrogen (secondary N) is 2. The third-order valence-corrected chi connectivity index (χ3v) is 3.33. The molecule has 0 aliphatic heterocycles. The van der Waals surface area contributed by atoms with E-state index in [9.17, 15) is 14.0 Å². The van der Waals surface area contributed by atoms with E-state index in [0.29, 0.717) is 5.69 Å². The third kappa shape index (κ3) is 3.35. The highest BCUT2D eigenvalue weighted by atomic mass is 19.1. The molecule has 0 saturated carbocycles. The van der Waals surface area contributed by atoms with Crippen LogP contribution in [0, 0.1) is 5.82 Å². The van der Waals surface area contributed by atoms with Gasteiger partial charge < -0.3 is 10.6 Å². The number of carbonyl (C=O) groups excluding carboxylic acids is 2. The van der Waals surface area contributed by atoms with Crippen molar-refractivity contribution in [2.45, 2.75) is 0 Å². The van der Waals surface area contributed by atoms with Crippen molar-refractivity contribution >= 4 is 34.0 Å². The lowest BCUT2D eigenvalue weighted by molar-refractivity contribution is -0.132. The van der Waals surface area contributed by atoms with Crippen LogP contribution in [0.4, 0.5) is 15.8 Å². The molecule has 2 amide bonds. The molecule has 0 heterocycles. The molecule has 114 valence electrons. The van der Waals surface area contributed by atoms with Crippen molar-refractivity contribution in [3.05, 3.63) is 72.5 Å². The lowest BCUT2D eigenvalue weighted by Crippen LogP contribution is -2.29. The normalized spacial score (nSPS) is 10.3. The van der Waals surface area contributed by atoms with E-state index < -0.39 is 17.6 Å². The first-order valence-corrected chi connectivity index (χ1v) is 6.99. The zero-order valence-corrected chi connectivity index (χ0v) is 12.0. The first-order valence-electron chi connectivity index (χ1n) is 6.99. The van der Waals surface area contributed by atoms with Gasteiger partial charge in [-0.1, -0.05) is 42.5 Å². The SMILES string of the molecule is O=C(Nc1cccc(F)c1)C(=O)Nc1cccc2ccccc12. The van der Waals surface area contributed by atoms with Gasteiger partial charge in [-0.05, 0) is 29.7 Å². The monoisotopic (exact) mass is 308 g/mol. The van der Waals surface area contributed by atoms with Gasteiger partial charge in [0.2, 0.25) is 0 Å². The fourth-order valence-electron chi connectivity index (χ4n) is 2.27. The molecule has 3 aromatic rings. The van der Waals surface area contributed by atoms with Crippen molar-refractivity contribution < 1.29 is 14.0 Å². The van der Waals surface area contributed by atoms with Gasteiger partial charge in [0.15, 0.2) is 0 Å². The molecule has 3 aromatic carbocycles. The number of benzene rings is 3. The molecule has 0 bridgehead atoms. The first kappa shape index (κ1) is 14.7. The van der Waals surface area contributed by atoms with Crippen LogP contribution in [-0.4, -0.2) is 11.8 Å². The van der Waals surface area contributed by atoms with Crippen LogP contribution in [-0.2, 0) is 9.59 Å². The Bertz CT molecular complexity index is 888. The topological polar surface area (TPSA) is 58.2 Å². The van der Waals surface area contributed by atoms with Crippen LogP contribution < -0.4 is 10.6 Å². The number of fused-ring (bicyclic) bond motifs is 1. The van der Waals surface area contributed by atoms with E-state index in [1.807, 2.05) is 30.3 Å². The smallest absolute Gasteiger partial charge is 0.314 e. The highest BCUT2D eigenvalue weighted by molar-refractivity contribution is 6.44. The number of amides is 2. The lowest BCUT2D eigenvalue weighted by atomic mass is 10.1. The minimum absolute atomic E-state index is 0.225. The van der Waals surface area contributed by atoms with Gasteiger partial charge in [-0.25, -0.2) is 4.39 Å². The summed E-state index contributed by atoms with van der Waals surface area (Å²) in [5, 5.41) is 6.72. The molecule has 0 fully saturated rings. The van der Waals surface area contributed by atoms with Crippen LogP contribution in [0.25, 0.3) is 10.8 Å². The van der Waals surface area contributed by atoms with E-state index in [2.05, 4.69) is 10.6 Å². The van der Waals surface area contributed by atoms with E-state index in [0.717, 1.165) is 16.8 Å². The summed E-state index contributed by atoms with van der Waals surface area (Å²) in [5.41, 5.74) is 0.769. The Kier molecular flexibility index (Phi) is 4.01. The van der Waals surface area contributed by atoms with Crippen LogP contribution >= 0.6 is 0 Å². The van der Waals surface area contributed by atoms with Gasteiger partial charge >= 0.3 is 11.8 Å². The molecule has 0 unspecified atom stereocenters. The molecule has 23 heavy (non-hydrogen) atoms. The summed E-state index contributed by atoms with van der Waals surface area (Å²) in [6.45, 7) is 0. The lowest BCUT2D eigenvalue weighted by Gasteiger charge is -2.09. The summed E-state index contributed by atoms with van der Waals surface area (Å²) in [4.78, 5) is 23.9. The van der Waals surface area contributed by atoms with Crippen molar-refractivity contribution in [1.29, 1.82) is 0 Å². The molecule has 0 radical (unpaired) electrons. The van der Waals surface area contributed by atoms with Gasteiger partial charge in [0.05, 0.1) is 0 Å². The minimum atomic E-state index is -0.858. The predicted molar refractivity (Wildman–Crippen MR) is 87.6 cm³/mol. The maximum atomic E-state index is 13.1. The Morgan fingerprint density at radius 3 is 2.30 bits per heavy atom. The number of hydrogen-bond donors (Lipinski definition) is 2. The van der Waals surface area contributed by atoms with Gasteiger partial charge in [-0.15, -0.1) is 0 Å². The number of hydrogen-bond acceptors (Lipinski definition) is 2. The Morgan fingerprint density at radius 2 is 1.48 bits per heavy atom. The van der Waals surface area contributed by atoms with Crippen LogP contribution in [0.15, 0.2) is 66.7 Å². The average Bonchev–Trinajstić information content (AvgIpc) is 2.55. The van der Waals surface area contributed by atoms with E-state index in [1.54, 1.807) is 12.1 Å². The summed E-state index contributed by atoms with van der Waals surface area (Å²) in [5.74, 6) is -2.16. The quantitative estimate of drug-likeness (QED) is 0.711. The molecule has 5 heteroatoms. The third-order valence-electron chi connectivity index (χ3n) is 3.33. The molecular weight excluding hydrogens is 295 g/mol. The maximum absolute atomic E-state index is 13.1. The van der Waals surface area contributed by atoms with Gasteiger partial charge in [0.25, 0.3) is 0 Å². The van der Waals surface area contributed by atoms with E-state index in [1.165, 1.54) is 18.2 Å². The largest absolute Gasteiger partial charge is 0.318 e. The van der Waals surface area contributed by atoms with E-state index in [4.69, 9.17) is 0 Å². The Morgan fingerprint density at radius 1 is 0.783 bits per heavy atom. The Hall–Kier alpha value is -3.21. The highest BCUT2D eigenvalue weighted by Crippen LogP contribution is 2.22. The van der Waals surface area contributed by atoms with Gasteiger partial charge in [0, 0.05) is 16.8 Å². The maximum Gasteiger partial charge on any atom is 0.314 e. The Balaban J connectivity index is 1.77. The predicted octanol–water partition coefficient (Wildman–Crippen LogP) is 3.56. The van der Waals surface area contributed by atoms with Crippen LogP contribution in [0.5, 0.6) is 0 Å².